The molecule has 1 aliphatic rings. The Morgan fingerprint density at radius 2 is 2.00 bits per heavy atom. The molecular formula is C14H20N2O4S. The first-order valence-corrected chi connectivity index (χ1v) is 8.74. The van der Waals surface area contributed by atoms with Gasteiger partial charge in [-0.1, -0.05) is 25.5 Å². The maximum absolute atomic E-state index is 12.3. The molecule has 21 heavy (non-hydrogen) atoms. The van der Waals surface area contributed by atoms with Gasteiger partial charge in [0.15, 0.2) is 0 Å². The van der Waals surface area contributed by atoms with Gasteiger partial charge in [0.25, 0.3) is 5.69 Å². The van der Waals surface area contributed by atoms with Crippen molar-refractivity contribution in [2.24, 2.45) is 5.92 Å². The molecule has 1 saturated heterocycles. The molecule has 1 unspecified atom stereocenters. The molecule has 7 heteroatoms. The van der Waals surface area contributed by atoms with Crippen molar-refractivity contribution in [3.8, 4) is 0 Å². The zero-order valence-corrected chi connectivity index (χ0v) is 12.9. The lowest BCUT2D eigenvalue weighted by Gasteiger charge is -2.16. The Balaban J connectivity index is 1.94. The van der Waals surface area contributed by atoms with Crippen LogP contribution in [0.3, 0.4) is 0 Å². The van der Waals surface area contributed by atoms with Gasteiger partial charge < -0.3 is 0 Å². The molecule has 1 aliphatic heterocycles. The van der Waals surface area contributed by atoms with E-state index in [2.05, 4.69) is 6.92 Å². The molecule has 0 aromatic heterocycles. The minimum atomic E-state index is -3.23. The van der Waals surface area contributed by atoms with Crippen molar-refractivity contribution in [2.75, 3.05) is 18.8 Å². The second-order valence-electron chi connectivity index (χ2n) is 5.41. The van der Waals surface area contributed by atoms with Crippen molar-refractivity contribution in [1.82, 2.24) is 4.31 Å². The monoisotopic (exact) mass is 312 g/mol. The van der Waals surface area contributed by atoms with E-state index in [0.29, 0.717) is 25.4 Å². The van der Waals surface area contributed by atoms with E-state index < -0.39 is 14.9 Å². The van der Waals surface area contributed by atoms with Crippen molar-refractivity contribution >= 4 is 15.7 Å². The van der Waals surface area contributed by atoms with Crippen molar-refractivity contribution in [2.45, 2.75) is 26.2 Å². The fraction of sp³-hybridized carbons (Fsp3) is 0.571. The van der Waals surface area contributed by atoms with Gasteiger partial charge in [-0.05, 0) is 24.3 Å². The fourth-order valence-corrected chi connectivity index (χ4v) is 4.12. The van der Waals surface area contributed by atoms with E-state index in [1.54, 1.807) is 16.4 Å². The maximum atomic E-state index is 12.3. The molecule has 0 aliphatic carbocycles. The Morgan fingerprint density at radius 3 is 2.52 bits per heavy atom. The second-order valence-corrected chi connectivity index (χ2v) is 7.50. The smallest absolute Gasteiger partial charge is 0.258 e. The van der Waals surface area contributed by atoms with E-state index in [9.17, 15) is 18.5 Å². The normalized spacial score (nSPS) is 19.8. The van der Waals surface area contributed by atoms with Crippen LogP contribution in [0, 0.1) is 16.0 Å². The number of nitro benzene ring substituents is 1. The first-order chi connectivity index (χ1) is 9.92. The summed E-state index contributed by atoms with van der Waals surface area (Å²) in [6.07, 6.45) is 2.33. The summed E-state index contributed by atoms with van der Waals surface area (Å²) >= 11 is 0. The van der Waals surface area contributed by atoms with Crippen LogP contribution in [0.5, 0.6) is 0 Å². The lowest BCUT2D eigenvalue weighted by atomic mass is 10.1. The van der Waals surface area contributed by atoms with Gasteiger partial charge in [-0.15, -0.1) is 0 Å². The van der Waals surface area contributed by atoms with Crippen LogP contribution in [0.2, 0.25) is 0 Å². The van der Waals surface area contributed by atoms with Crippen LogP contribution in [0.25, 0.3) is 0 Å². The average Bonchev–Trinajstić information content (AvgIpc) is 2.95. The summed E-state index contributed by atoms with van der Waals surface area (Å²) in [4.78, 5) is 10.1. The summed E-state index contributed by atoms with van der Waals surface area (Å²) in [6, 6.07) is 6.05. The molecule has 1 atom stereocenters. The third kappa shape index (κ3) is 4.01. The predicted molar refractivity (Wildman–Crippen MR) is 80.6 cm³/mol. The van der Waals surface area contributed by atoms with Crippen LogP contribution >= 0.6 is 0 Å². The van der Waals surface area contributed by atoms with Gasteiger partial charge in [0.2, 0.25) is 10.0 Å². The number of nitrogens with zero attached hydrogens (tertiary/aromatic N) is 2. The van der Waals surface area contributed by atoms with Crippen LogP contribution < -0.4 is 0 Å². The lowest BCUT2D eigenvalue weighted by molar-refractivity contribution is -0.384. The molecule has 0 radical (unpaired) electrons. The highest BCUT2D eigenvalue weighted by molar-refractivity contribution is 7.89. The van der Waals surface area contributed by atoms with Crippen LogP contribution in [-0.2, 0) is 16.4 Å². The van der Waals surface area contributed by atoms with E-state index in [-0.39, 0.29) is 11.4 Å². The summed E-state index contributed by atoms with van der Waals surface area (Å²) < 4.78 is 26.1. The van der Waals surface area contributed by atoms with Crippen LogP contribution in [0.15, 0.2) is 24.3 Å². The first kappa shape index (κ1) is 15.9. The van der Waals surface area contributed by atoms with Gasteiger partial charge in [-0.3, -0.25) is 10.1 Å². The molecule has 0 bridgehead atoms. The first-order valence-electron chi connectivity index (χ1n) is 7.13. The topological polar surface area (TPSA) is 80.5 Å². The SMILES string of the molecule is CCC1CCN(S(=O)(=O)CCc2ccc([N+](=O)[O-])cc2)C1. The van der Waals surface area contributed by atoms with Crippen molar-refractivity contribution < 1.29 is 13.3 Å². The third-order valence-electron chi connectivity index (χ3n) is 4.02. The standard InChI is InChI=1S/C14H20N2O4S/c1-2-12-7-9-15(11-12)21(19,20)10-8-13-3-5-14(6-4-13)16(17)18/h3-6,12H,2,7-11H2,1H3. The number of non-ortho nitro benzene ring substituents is 1. The Labute approximate surface area is 125 Å². The maximum Gasteiger partial charge on any atom is 0.269 e. The van der Waals surface area contributed by atoms with Crippen molar-refractivity contribution in [3.05, 3.63) is 39.9 Å². The van der Waals surface area contributed by atoms with Gasteiger partial charge in [0, 0.05) is 25.2 Å². The molecule has 0 saturated carbocycles. The van der Waals surface area contributed by atoms with E-state index in [1.807, 2.05) is 0 Å². The van der Waals surface area contributed by atoms with Gasteiger partial charge in [0.05, 0.1) is 10.7 Å². The second kappa shape index (κ2) is 6.53. The summed E-state index contributed by atoms with van der Waals surface area (Å²) in [7, 11) is -3.23. The molecule has 1 aromatic carbocycles. The Morgan fingerprint density at radius 1 is 1.33 bits per heavy atom. The number of benzene rings is 1. The van der Waals surface area contributed by atoms with Gasteiger partial charge in [-0.2, -0.15) is 0 Å². The molecule has 116 valence electrons. The highest BCUT2D eigenvalue weighted by atomic mass is 32.2. The van der Waals surface area contributed by atoms with Crippen molar-refractivity contribution in [1.29, 1.82) is 0 Å². The number of rotatable bonds is 6. The average molecular weight is 312 g/mol. The summed E-state index contributed by atoms with van der Waals surface area (Å²) in [5.74, 6) is 0.528. The van der Waals surface area contributed by atoms with E-state index in [0.717, 1.165) is 18.4 Å². The molecule has 1 heterocycles. The molecule has 0 amide bonds. The highest BCUT2D eigenvalue weighted by Gasteiger charge is 2.29. The molecular weight excluding hydrogens is 292 g/mol. The summed E-state index contributed by atoms with van der Waals surface area (Å²) in [6.45, 7) is 3.32. The molecule has 0 N–H and O–H groups in total. The Kier molecular flexibility index (Phi) is 4.95. The molecule has 1 fully saturated rings. The lowest BCUT2D eigenvalue weighted by Crippen LogP contribution is -2.31. The van der Waals surface area contributed by atoms with Gasteiger partial charge in [-0.25, -0.2) is 12.7 Å². The Hall–Kier alpha value is -1.47. The minimum Gasteiger partial charge on any atom is -0.258 e. The number of sulfonamides is 1. The van der Waals surface area contributed by atoms with E-state index in [1.165, 1.54) is 12.1 Å². The van der Waals surface area contributed by atoms with Crippen LogP contribution in [0.1, 0.15) is 25.3 Å². The third-order valence-corrected chi connectivity index (χ3v) is 5.85. The van der Waals surface area contributed by atoms with E-state index in [4.69, 9.17) is 0 Å². The van der Waals surface area contributed by atoms with E-state index >= 15 is 0 Å². The highest BCUT2D eigenvalue weighted by Crippen LogP contribution is 2.22. The Bertz CT molecular complexity index is 598. The fourth-order valence-electron chi connectivity index (χ4n) is 2.54. The number of aryl methyl sites for hydroxylation is 1. The number of hydrogen-bond acceptors (Lipinski definition) is 4. The predicted octanol–water partition coefficient (Wildman–Crippen LogP) is 2.20. The van der Waals surface area contributed by atoms with Gasteiger partial charge >= 0.3 is 0 Å². The molecule has 2 rings (SSSR count). The van der Waals surface area contributed by atoms with Gasteiger partial charge in [0.1, 0.15) is 0 Å². The van der Waals surface area contributed by atoms with Crippen molar-refractivity contribution in [3.63, 3.8) is 0 Å². The zero-order valence-electron chi connectivity index (χ0n) is 12.1. The minimum absolute atomic E-state index is 0.0203. The molecule has 1 aromatic rings. The zero-order chi connectivity index (χ0) is 15.5. The number of nitro groups is 1. The quantitative estimate of drug-likeness (QED) is 0.595. The summed E-state index contributed by atoms with van der Waals surface area (Å²) in [5.41, 5.74) is 0.822. The van der Waals surface area contributed by atoms with Crippen LogP contribution in [0.4, 0.5) is 5.69 Å². The number of hydrogen-bond donors (Lipinski definition) is 0. The largest absolute Gasteiger partial charge is 0.269 e. The summed E-state index contributed by atoms with van der Waals surface area (Å²) in [5, 5.41) is 10.6. The molecule has 0 spiro atoms. The molecule has 6 nitrogen and oxygen atoms in total. The van der Waals surface area contributed by atoms with Crippen LogP contribution in [-0.4, -0.2) is 36.5 Å².